The number of carbonyl (C=O) groups is 1. The molecule has 0 radical (unpaired) electrons. The fourth-order valence-electron chi connectivity index (χ4n) is 5.10. The van der Waals surface area contributed by atoms with Crippen LogP contribution in [0.3, 0.4) is 0 Å². The summed E-state index contributed by atoms with van der Waals surface area (Å²) in [5, 5.41) is 0. The van der Waals surface area contributed by atoms with E-state index >= 15 is 0 Å². The van der Waals surface area contributed by atoms with Crippen LogP contribution in [0.1, 0.15) is 68.8 Å². The number of nitrogens with zero attached hydrogens (tertiary/aromatic N) is 3. The average Bonchev–Trinajstić information content (AvgIpc) is 3.11. The van der Waals surface area contributed by atoms with Crippen LogP contribution in [0.25, 0.3) is 11.0 Å². The van der Waals surface area contributed by atoms with E-state index < -0.39 is 11.7 Å². The molecule has 0 spiro atoms. The van der Waals surface area contributed by atoms with Crippen molar-refractivity contribution in [3.8, 4) is 0 Å². The smallest absolute Gasteiger partial charge is 0.377 e. The molecule has 8 heteroatoms. The Morgan fingerprint density at radius 2 is 1.84 bits per heavy atom. The van der Waals surface area contributed by atoms with Gasteiger partial charge < -0.3 is 14.2 Å². The highest BCUT2D eigenvalue weighted by Gasteiger charge is 2.32. The van der Waals surface area contributed by atoms with Gasteiger partial charge in [0.25, 0.3) is 0 Å². The monoisotopic (exact) mass is 437 g/mol. The molecule has 1 aliphatic heterocycles. The summed E-state index contributed by atoms with van der Waals surface area (Å²) in [6.07, 6.45) is 3.82. The van der Waals surface area contributed by atoms with Crippen LogP contribution in [0.5, 0.6) is 0 Å². The van der Waals surface area contributed by atoms with Gasteiger partial charge in [0.2, 0.25) is 5.91 Å². The van der Waals surface area contributed by atoms with Crippen LogP contribution in [0.4, 0.5) is 13.2 Å². The number of amides is 1. The van der Waals surface area contributed by atoms with Crippen molar-refractivity contribution >= 4 is 16.9 Å². The van der Waals surface area contributed by atoms with Gasteiger partial charge >= 0.3 is 6.18 Å². The Kier molecular flexibility index (Phi) is 6.55. The Balaban J connectivity index is 1.48. The Morgan fingerprint density at radius 1 is 1.13 bits per heavy atom. The summed E-state index contributed by atoms with van der Waals surface area (Å²) in [4.78, 5) is 19.2. The molecular formula is C23H30F3N3O2. The number of ether oxygens (including phenoxy) is 1. The molecule has 170 valence electrons. The van der Waals surface area contributed by atoms with E-state index in [0.717, 1.165) is 37.8 Å². The molecule has 0 unspecified atom stereocenters. The molecule has 1 aromatic carbocycles. The lowest BCUT2D eigenvalue weighted by Crippen LogP contribution is -2.40. The van der Waals surface area contributed by atoms with E-state index in [0.29, 0.717) is 42.3 Å². The number of aromatic nitrogens is 2. The summed E-state index contributed by atoms with van der Waals surface area (Å²) in [7, 11) is 1.55. The number of carbonyl (C=O) groups excluding carboxylic acids is 1. The Labute approximate surface area is 180 Å². The molecule has 0 atom stereocenters. The molecular weight excluding hydrogens is 407 g/mol. The molecule has 2 aliphatic rings. The minimum Gasteiger partial charge on any atom is -0.377 e. The lowest BCUT2D eigenvalue weighted by Gasteiger charge is -2.34. The topological polar surface area (TPSA) is 47.4 Å². The highest BCUT2D eigenvalue weighted by Crippen LogP contribution is 2.35. The molecule has 2 heterocycles. The molecule has 5 nitrogen and oxygen atoms in total. The van der Waals surface area contributed by atoms with E-state index in [-0.39, 0.29) is 18.6 Å². The number of halogens is 3. The molecule has 1 aliphatic carbocycles. The molecule has 31 heavy (non-hydrogen) atoms. The van der Waals surface area contributed by atoms with Crippen molar-refractivity contribution in [1.29, 1.82) is 0 Å². The number of hydrogen-bond acceptors (Lipinski definition) is 3. The third-order valence-electron chi connectivity index (χ3n) is 6.73. The van der Waals surface area contributed by atoms with Crippen molar-refractivity contribution < 1.29 is 22.7 Å². The van der Waals surface area contributed by atoms with Crippen LogP contribution >= 0.6 is 0 Å². The Hall–Kier alpha value is -2.09. The Morgan fingerprint density at radius 3 is 2.48 bits per heavy atom. The van der Waals surface area contributed by atoms with Crippen molar-refractivity contribution in [3.05, 3.63) is 29.6 Å². The second-order valence-electron chi connectivity index (χ2n) is 8.85. The van der Waals surface area contributed by atoms with Gasteiger partial charge in [0.05, 0.1) is 16.6 Å². The van der Waals surface area contributed by atoms with Crippen molar-refractivity contribution in [1.82, 2.24) is 14.5 Å². The second-order valence-corrected chi connectivity index (χ2v) is 8.85. The van der Waals surface area contributed by atoms with E-state index in [4.69, 9.17) is 4.74 Å². The van der Waals surface area contributed by atoms with Gasteiger partial charge in [0, 0.05) is 32.7 Å². The van der Waals surface area contributed by atoms with Crippen molar-refractivity contribution in [3.63, 3.8) is 0 Å². The van der Waals surface area contributed by atoms with Crippen LogP contribution < -0.4 is 0 Å². The summed E-state index contributed by atoms with van der Waals surface area (Å²) >= 11 is 0. The average molecular weight is 438 g/mol. The first-order valence-corrected chi connectivity index (χ1v) is 11.2. The first-order chi connectivity index (χ1) is 14.9. The molecule has 0 bridgehead atoms. The van der Waals surface area contributed by atoms with E-state index in [1.807, 2.05) is 9.47 Å². The highest BCUT2D eigenvalue weighted by atomic mass is 19.4. The quantitative estimate of drug-likeness (QED) is 0.635. The number of likely N-dealkylation sites (tertiary alicyclic amines) is 1. The normalized spacial score (nSPS) is 19.3. The minimum atomic E-state index is -4.40. The zero-order valence-corrected chi connectivity index (χ0v) is 18.0. The number of methoxy groups -OCH3 is 1. The number of hydrogen-bond donors (Lipinski definition) is 0. The summed E-state index contributed by atoms with van der Waals surface area (Å²) in [5.74, 6) is 1.39. The number of fused-ring (bicyclic) bond motifs is 1. The largest absolute Gasteiger partial charge is 0.416 e. The van der Waals surface area contributed by atoms with Gasteiger partial charge in [-0.1, -0.05) is 19.3 Å². The van der Waals surface area contributed by atoms with Gasteiger partial charge in [-0.2, -0.15) is 13.2 Å². The molecule has 2 aromatic rings. The number of piperidine rings is 1. The summed E-state index contributed by atoms with van der Waals surface area (Å²) in [6, 6.07) is 3.81. The van der Waals surface area contributed by atoms with Gasteiger partial charge in [-0.25, -0.2) is 4.98 Å². The lowest BCUT2D eigenvalue weighted by molar-refractivity contribution is -0.137. The van der Waals surface area contributed by atoms with Crippen molar-refractivity contribution in [2.75, 3.05) is 20.2 Å². The van der Waals surface area contributed by atoms with E-state index in [1.165, 1.54) is 25.3 Å². The van der Waals surface area contributed by atoms with E-state index in [2.05, 4.69) is 4.98 Å². The van der Waals surface area contributed by atoms with Crippen molar-refractivity contribution in [2.45, 2.75) is 70.2 Å². The highest BCUT2D eigenvalue weighted by molar-refractivity contribution is 5.78. The van der Waals surface area contributed by atoms with E-state index in [1.54, 1.807) is 7.11 Å². The van der Waals surface area contributed by atoms with Crippen LogP contribution in [-0.2, 0) is 22.3 Å². The molecule has 2 fully saturated rings. The first-order valence-electron chi connectivity index (χ1n) is 11.2. The molecule has 1 saturated heterocycles. The number of benzene rings is 1. The number of imidazole rings is 1. The third-order valence-corrected chi connectivity index (χ3v) is 6.73. The van der Waals surface area contributed by atoms with Crippen LogP contribution in [-0.4, -0.2) is 40.6 Å². The Bertz CT molecular complexity index is 911. The molecule has 1 saturated carbocycles. The number of alkyl halides is 3. The predicted octanol–water partition coefficient (Wildman–Crippen LogP) is 5.34. The fraction of sp³-hybridized carbons (Fsp3) is 0.652. The van der Waals surface area contributed by atoms with Crippen LogP contribution in [0, 0.1) is 5.92 Å². The molecule has 0 N–H and O–H groups in total. The maximum atomic E-state index is 13.1. The first kappa shape index (κ1) is 22.1. The lowest BCUT2D eigenvalue weighted by atomic mass is 9.86. The fourth-order valence-corrected chi connectivity index (χ4v) is 5.10. The summed E-state index contributed by atoms with van der Waals surface area (Å²) in [5.41, 5.74) is 0.321. The van der Waals surface area contributed by atoms with Gasteiger partial charge in [-0.15, -0.1) is 0 Å². The predicted molar refractivity (Wildman–Crippen MR) is 111 cm³/mol. The SMILES string of the molecule is COCc1nc2cc(C(F)(F)F)ccc2n1C1CCN(C(=O)CC2CCCCC2)CC1. The van der Waals surface area contributed by atoms with Gasteiger partial charge in [-0.3, -0.25) is 4.79 Å². The summed E-state index contributed by atoms with van der Waals surface area (Å²) < 4.78 is 46.6. The second kappa shape index (κ2) is 9.18. The van der Waals surface area contributed by atoms with Crippen LogP contribution in [0.2, 0.25) is 0 Å². The zero-order chi connectivity index (χ0) is 22.0. The maximum Gasteiger partial charge on any atom is 0.416 e. The summed E-state index contributed by atoms with van der Waals surface area (Å²) in [6.45, 7) is 1.57. The minimum absolute atomic E-state index is 0.0885. The zero-order valence-electron chi connectivity index (χ0n) is 18.0. The van der Waals surface area contributed by atoms with E-state index in [9.17, 15) is 18.0 Å². The third kappa shape index (κ3) is 4.89. The van der Waals surface area contributed by atoms with Gasteiger partial charge in [0.1, 0.15) is 12.4 Å². The van der Waals surface area contributed by atoms with Gasteiger partial charge in [0.15, 0.2) is 0 Å². The standard InChI is InChI=1S/C23H30F3N3O2/c1-31-15-21-27-19-14-17(23(24,25)26)7-8-20(19)29(21)18-9-11-28(12-10-18)22(30)13-16-5-3-2-4-6-16/h7-8,14,16,18H,2-6,9-13,15H2,1H3. The maximum absolute atomic E-state index is 13.1. The van der Waals surface area contributed by atoms with Crippen LogP contribution in [0.15, 0.2) is 18.2 Å². The molecule has 1 aromatic heterocycles. The van der Waals surface area contributed by atoms with Crippen molar-refractivity contribution in [2.24, 2.45) is 5.92 Å². The molecule has 4 rings (SSSR count). The number of rotatable bonds is 5. The van der Waals surface area contributed by atoms with Gasteiger partial charge in [-0.05, 0) is 49.8 Å². The molecule has 1 amide bonds.